The summed E-state index contributed by atoms with van der Waals surface area (Å²) >= 11 is 0. The standard InChI is InChI=1S/C23H24N4O2/c1-4-15-9-5-8-12-18(15)27-21(24)19(23(28)29-13-14(2)3)20-22(27)26-17-11-7-6-10-16(17)25-20/h5-12,14H,4,13,24H2,1-3H3. The van der Waals surface area contributed by atoms with E-state index in [1.165, 1.54) is 0 Å². The van der Waals surface area contributed by atoms with Gasteiger partial charge in [0.2, 0.25) is 0 Å². The zero-order chi connectivity index (χ0) is 20.5. The van der Waals surface area contributed by atoms with Crippen molar-refractivity contribution in [2.24, 2.45) is 5.92 Å². The van der Waals surface area contributed by atoms with Crippen molar-refractivity contribution in [2.45, 2.75) is 27.2 Å². The largest absolute Gasteiger partial charge is 0.462 e. The molecule has 29 heavy (non-hydrogen) atoms. The number of ether oxygens (including phenoxy) is 1. The first kappa shape index (κ1) is 18.9. The van der Waals surface area contributed by atoms with Gasteiger partial charge in [-0.15, -0.1) is 0 Å². The Hall–Kier alpha value is -3.41. The fraction of sp³-hybridized carbons (Fsp3) is 0.261. The quantitative estimate of drug-likeness (QED) is 0.508. The first-order valence-corrected chi connectivity index (χ1v) is 9.83. The summed E-state index contributed by atoms with van der Waals surface area (Å²) in [5.74, 6) is 0.0460. The van der Waals surface area contributed by atoms with Crippen molar-refractivity contribution in [1.82, 2.24) is 14.5 Å². The third-order valence-corrected chi connectivity index (χ3v) is 4.86. The molecular weight excluding hydrogens is 364 g/mol. The summed E-state index contributed by atoms with van der Waals surface area (Å²) in [7, 11) is 0. The van der Waals surface area contributed by atoms with Crippen LogP contribution in [-0.4, -0.2) is 27.1 Å². The van der Waals surface area contributed by atoms with Crippen LogP contribution in [0, 0.1) is 5.92 Å². The lowest BCUT2D eigenvalue weighted by atomic mass is 10.1. The normalized spacial score (nSPS) is 11.4. The van der Waals surface area contributed by atoms with E-state index >= 15 is 0 Å². The fourth-order valence-corrected chi connectivity index (χ4v) is 3.45. The van der Waals surface area contributed by atoms with Crippen LogP contribution in [0.15, 0.2) is 48.5 Å². The average Bonchev–Trinajstić information content (AvgIpc) is 3.00. The smallest absolute Gasteiger partial charge is 0.344 e. The van der Waals surface area contributed by atoms with E-state index in [0.29, 0.717) is 29.1 Å². The van der Waals surface area contributed by atoms with Crippen molar-refractivity contribution < 1.29 is 9.53 Å². The van der Waals surface area contributed by atoms with Crippen molar-refractivity contribution in [2.75, 3.05) is 12.3 Å². The van der Waals surface area contributed by atoms with Gasteiger partial charge in [-0.3, -0.25) is 4.57 Å². The Morgan fingerprint density at radius 3 is 2.41 bits per heavy atom. The van der Waals surface area contributed by atoms with E-state index in [0.717, 1.165) is 23.2 Å². The number of carbonyl (C=O) groups is 1. The Balaban J connectivity index is 2.03. The summed E-state index contributed by atoms with van der Waals surface area (Å²) in [5, 5.41) is 0. The van der Waals surface area contributed by atoms with Gasteiger partial charge < -0.3 is 10.5 Å². The number of esters is 1. The number of carbonyl (C=O) groups excluding carboxylic acids is 1. The molecule has 0 fully saturated rings. The topological polar surface area (TPSA) is 83.0 Å². The summed E-state index contributed by atoms with van der Waals surface area (Å²) in [4.78, 5) is 22.5. The van der Waals surface area contributed by atoms with E-state index in [9.17, 15) is 4.79 Å². The Labute approximate surface area is 169 Å². The Bertz CT molecular complexity index is 1210. The van der Waals surface area contributed by atoms with Gasteiger partial charge in [0.1, 0.15) is 16.9 Å². The monoisotopic (exact) mass is 388 g/mol. The fourth-order valence-electron chi connectivity index (χ4n) is 3.45. The number of para-hydroxylation sites is 3. The van der Waals surface area contributed by atoms with Gasteiger partial charge in [0.25, 0.3) is 0 Å². The zero-order valence-corrected chi connectivity index (χ0v) is 16.8. The van der Waals surface area contributed by atoms with Gasteiger partial charge >= 0.3 is 5.97 Å². The lowest BCUT2D eigenvalue weighted by molar-refractivity contribution is 0.0462. The second kappa shape index (κ2) is 7.54. The number of hydrogen-bond acceptors (Lipinski definition) is 5. The molecule has 0 aliphatic heterocycles. The Kier molecular flexibility index (Phi) is 4.92. The number of aromatic nitrogens is 3. The van der Waals surface area contributed by atoms with Crippen LogP contribution in [0.3, 0.4) is 0 Å². The van der Waals surface area contributed by atoms with E-state index in [1.807, 2.05) is 66.9 Å². The molecule has 6 heteroatoms. The maximum atomic E-state index is 12.9. The summed E-state index contributed by atoms with van der Waals surface area (Å²) in [6, 6.07) is 15.6. The molecular formula is C23H24N4O2. The van der Waals surface area contributed by atoms with Gasteiger partial charge in [-0.1, -0.05) is 51.1 Å². The number of anilines is 1. The van der Waals surface area contributed by atoms with E-state index in [1.54, 1.807) is 0 Å². The number of nitrogen functional groups attached to an aromatic ring is 1. The van der Waals surface area contributed by atoms with Crippen LogP contribution in [0.5, 0.6) is 0 Å². The van der Waals surface area contributed by atoms with Gasteiger partial charge in [0.05, 0.1) is 23.3 Å². The van der Waals surface area contributed by atoms with E-state index < -0.39 is 5.97 Å². The molecule has 2 N–H and O–H groups in total. The molecule has 4 rings (SSSR count). The first-order chi connectivity index (χ1) is 14.0. The number of benzene rings is 2. The molecule has 0 saturated heterocycles. The molecule has 4 aromatic rings. The van der Waals surface area contributed by atoms with Gasteiger partial charge in [-0.25, -0.2) is 14.8 Å². The average molecular weight is 388 g/mol. The number of nitrogens with zero attached hydrogens (tertiary/aromatic N) is 3. The van der Waals surface area contributed by atoms with Crippen LogP contribution < -0.4 is 5.73 Å². The highest BCUT2D eigenvalue weighted by atomic mass is 16.5. The van der Waals surface area contributed by atoms with Gasteiger partial charge in [0.15, 0.2) is 5.65 Å². The zero-order valence-electron chi connectivity index (χ0n) is 16.8. The maximum Gasteiger partial charge on any atom is 0.344 e. The predicted molar refractivity (Wildman–Crippen MR) is 115 cm³/mol. The van der Waals surface area contributed by atoms with Crippen molar-refractivity contribution in [1.29, 1.82) is 0 Å². The van der Waals surface area contributed by atoms with Crippen molar-refractivity contribution in [3.63, 3.8) is 0 Å². The minimum Gasteiger partial charge on any atom is -0.462 e. The summed E-state index contributed by atoms with van der Waals surface area (Å²) < 4.78 is 7.32. The van der Waals surface area contributed by atoms with Crippen molar-refractivity contribution in [3.8, 4) is 5.69 Å². The lowest BCUT2D eigenvalue weighted by Crippen LogP contribution is -2.13. The number of rotatable bonds is 5. The van der Waals surface area contributed by atoms with Gasteiger partial charge in [-0.2, -0.15) is 0 Å². The second-order valence-electron chi connectivity index (χ2n) is 7.45. The lowest BCUT2D eigenvalue weighted by Gasteiger charge is -2.12. The van der Waals surface area contributed by atoms with Crippen LogP contribution in [0.4, 0.5) is 5.82 Å². The third-order valence-electron chi connectivity index (χ3n) is 4.86. The molecule has 0 amide bonds. The molecule has 2 heterocycles. The van der Waals surface area contributed by atoms with Crippen LogP contribution in [-0.2, 0) is 11.2 Å². The predicted octanol–water partition coefficient (Wildman–Crippen LogP) is 4.53. The second-order valence-corrected chi connectivity index (χ2v) is 7.45. The number of hydrogen-bond donors (Lipinski definition) is 1. The Morgan fingerprint density at radius 1 is 1.07 bits per heavy atom. The highest BCUT2D eigenvalue weighted by Crippen LogP contribution is 2.32. The van der Waals surface area contributed by atoms with Gasteiger partial charge in [0, 0.05) is 0 Å². The molecule has 0 spiro atoms. The molecule has 0 radical (unpaired) electrons. The van der Waals surface area contributed by atoms with E-state index in [-0.39, 0.29) is 11.5 Å². The van der Waals surface area contributed by atoms with Crippen molar-refractivity contribution in [3.05, 3.63) is 59.7 Å². The SMILES string of the molecule is CCc1ccccc1-n1c(N)c(C(=O)OCC(C)C)c2nc3ccccc3nc21. The molecule has 148 valence electrons. The van der Waals surface area contributed by atoms with Crippen LogP contribution in [0.2, 0.25) is 0 Å². The number of fused-ring (bicyclic) bond motifs is 2. The summed E-state index contributed by atoms with van der Waals surface area (Å²) in [6.07, 6.45) is 0.823. The highest BCUT2D eigenvalue weighted by Gasteiger charge is 2.26. The first-order valence-electron chi connectivity index (χ1n) is 9.83. The molecule has 0 unspecified atom stereocenters. The minimum atomic E-state index is -0.474. The maximum absolute atomic E-state index is 12.9. The van der Waals surface area contributed by atoms with Crippen LogP contribution >= 0.6 is 0 Å². The summed E-state index contributed by atoms with van der Waals surface area (Å²) in [6.45, 7) is 6.38. The van der Waals surface area contributed by atoms with E-state index in [2.05, 4.69) is 6.92 Å². The molecule has 2 aromatic heterocycles. The molecule has 0 saturated carbocycles. The van der Waals surface area contributed by atoms with Gasteiger partial charge in [-0.05, 0) is 36.1 Å². The molecule has 0 atom stereocenters. The van der Waals surface area contributed by atoms with E-state index in [4.69, 9.17) is 20.4 Å². The Morgan fingerprint density at radius 2 is 1.72 bits per heavy atom. The minimum absolute atomic E-state index is 0.223. The number of aryl methyl sites for hydroxylation is 1. The van der Waals surface area contributed by atoms with Crippen LogP contribution in [0.25, 0.3) is 27.9 Å². The molecule has 6 nitrogen and oxygen atoms in total. The summed E-state index contributed by atoms with van der Waals surface area (Å²) in [5.41, 5.74) is 11.3. The third kappa shape index (κ3) is 3.31. The molecule has 0 aliphatic carbocycles. The molecule has 0 aliphatic rings. The highest BCUT2D eigenvalue weighted by molar-refractivity contribution is 6.09. The molecule has 0 bridgehead atoms. The van der Waals surface area contributed by atoms with Crippen molar-refractivity contribution >= 4 is 34.0 Å². The van der Waals surface area contributed by atoms with Crippen LogP contribution in [0.1, 0.15) is 36.7 Å². The number of nitrogens with two attached hydrogens (primary N) is 1. The molecule has 2 aromatic carbocycles.